The van der Waals surface area contributed by atoms with E-state index in [9.17, 15) is 18.3 Å². The number of sulfone groups is 1. The number of fused-ring (bicyclic) bond motifs is 1. The number of pyridine rings is 1. The average molecular weight is 591 g/mol. The molecule has 1 amide bonds. The van der Waals surface area contributed by atoms with Crippen LogP contribution in [0.4, 0.5) is 10.9 Å². The number of anilines is 2. The number of nitrogens with zero attached hydrogens (tertiary/aromatic N) is 5. The number of rotatable bonds is 12. The van der Waals surface area contributed by atoms with Gasteiger partial charge in [-0.15, -0.1) is 0 Å². The van der Waals surface area contributed by atoms with E-state index in [-0.39, 0.29) is 23.8 Å². The molecule has 2 N–H and O–H groups in total. The second-order valence-electron chi connectivity index (χ2n) is 9.79. The lowest BCUT2D eigenvalue weighted by molar-refractivity contribution is -0.110. The van der Waals surface area contributed by atoms with Gasteiger partial charge in [0.1, 0.15) is 22.3 Å². The third kappa shape index (κ3) is 7.12. The predicted molar refractivity (Wildman–Crippen MR) is 155 cm³/mol. The van der Waals surface area contributed by atoms with E-state index < -0.39 is 27.1 Å². The van der Waals surface area contributed by atoms with Crippen LogP contribution in [-0.4, -0.2) is 105 Å². The van der Waals surface area contributed by atoms with Crippen molar-refractivity contribution in [3.05, 3.63) is 42.0 Å². The normalized spacial score (nSPS) is 16.9. The number of aromatic nitrogens is 2. The largest absolute Gasteiger partial charge is 0.392 e. The third-order valence-corrected chi connectivity index (χ3v) is 9.37. The second kappa shape index (κ2) is 13.0. The molecule has 1 aromatic carbocycles. The summed E-state index contributed by atoms with van der Waals surface area (Å²) in [6, 6.07) is 9.63. The van der Waals surface area contributed by atoms with Gasteiger partial charge < -0.3 is 24.5 Å². The van der Waals surface area contributed by atoms with Crippen LogP contribution < -0.4 is 10.2 Å². The highest BCUT2D eigenvalue weighted by Crippen LogP contribution is 2.27. The van der Waals surface area contributed by atoms with Gasteiger partial charge in [-0.2, -0.15) is 0 Å². The minimum atomic E-state index is -3.56. The summed E-state index contributed by atoms with van der Waals surface area (Å²) in [7, 11) is 2.43. The number of carbonyl (C=O) groups excluding carboxylic acids is 1. The Kier molecular flexibility index (Phi) is 9.68. The van der Waals surface area contributed by atoms with Crippen molar-refractivity contribution < 1.29 is 27.9 Å². The predicted octanol–water partition coefficient (Wildman–Crippen LogP) is 1.99. The molecule has 216 valence electrons. The molecule has 4 rings (SSSR count). The van der Waals surface area contributed by atoms with Crippen molar-refractivity contribution in [2.45, 2.75) is 29.6 Å². The number of aliphatic hydroxyl groups is 1. The zero-order valence-corrected chi connectivity index (χ0v) is 24.5. The molecule has 14 heteroatoms. The topological polar surface area (TPSA) is 147 Å². The molecule has 2 atom stereocenters. The summed E-state index contributed by atoms with van der Waals surface area (Å²) in [6.45, 7) is 3.56. The molecule has 12 nitrogen and oxygen atoms in total. The molecule has 0 spiro atoms. The molecule has 1 aliphatic heterocycles. The Morgan fingerprint density at radius 3 is 2.60 bits per heavy atom. The first-order chi connectivity index (χ1) is 19.1. The maximum Gasteiger partial charge on any atom is 0.280 e. The summed E-state index contributed by atoms with van der Waals surface area (Å²) >= 11 is 1.22. The van der Waals surface area contributed by atoms with E-state index in [0.29, 0.717) is 34.1 Å². The molecular weight excluding hydrogens is 556 g/mol. The van der Waals surface area contributed by atoms with Crippen molar-refractivity contribution in [2.75, 3.05) is 64.3 Å². The van der Waals surface area contributed by atoms with E-state index in [1.54, 1.807) is 6.92 Å². The maximum absolute atomic E-state index is 13.3. The van der Waals surface area contributed by atoms with Crippen LogP contribution in [-0.2, 0) is 24.2 Å². The lowest BCUT2D eigenvalue weighted by Crippen LogP contribution is -2.28. The quantitative estimate of drug-likeness (QED) is 0.237. The van der Waals surface area contributed by atoms with Crippen molar-refractivity contribution in [1.82, 2.24) is 14.9 Å². The van der Waals surface area contributed by atoms with E-state index in [4.69, 9.17) is 9.57 Å². The first-order valence-corrected chi connectivity index (χ1v) is 15.2. The van der Waals surface area contributed by atoms with E-state index in [0.717, 1.165) is 18.9 Å². The summed E-state index contributed by atoms with van der Waals surface area (Å²) in [5.74, 6) is 0.191. The maximum atomic E-state index is 13.3. The van der Waals surface area contributed by atoms with E-state index in [2.05, 4.69) is 25.3 Å². The van der Waals surface area contributed by atoms with Crippen molar-refractivity contribution in [2.24, 2.45) is 5.16 Å². The fourth-order valence-electron chi connectivity index (χ4n) is 3.85. The van der Waals surface area contributed by atoms with Crippen LogP contribution in [0.1, 0.15) is 18.9 Å². The molecule has 0 aliphatic carbocycles. The van der Waals surface area contributed by atoms with Crippen LogP contribution in [0.5, 0.6) is 0 Å². The number of benzene rings is 1. The Bertz CT molecular complexity index is 1450. The minimum absolute atomic E-state index is 0.0928. The number of likely N-dealkylation sites (N-methyl/N-ethyl adjacent to an activating group) is 2. The van der Waals surface area contributed by atoms with Crippen molar-refractivity contribution in [1.29, 1.82) is 0 Å². The van der Waals surface area contributed by atoms with Gasteiger partial charge in [0.15, 0.2) is 20.7 Å². The highest BCUT2D eigenvalue weighted by Gasteiger charge is 2.31. The Morgan fingerprint density at radius 2 is 1.95 bits per heavy atom. The van der Waals surface area contributed by atoms with E-state index >= 15 is 0 Å². The number of thiazole rings is 1. The van der Waals surface area contributed by atoms with Crippen molar-refractivity contribution in [3.63, 3.8) is 0 Å². The van der Waals surface area contributed by atoms with Gasteiger partial charge >= 0.3 is 0 Å². The number of nitrogens with one attached hydrogen (secondary N) is 1. The molecule has 1 aliphatic rings. The standard InChI is InChI=1S/C26H34N6O6S2/c1-17(15-33)38-30-23(18-5-7-19(8-6-18)40(35,36)20-11-14-37-16-20)24(34)29-26-27-21-9-10-22(28-25(21)39-26)32(4)13-12-31(2)3/h5-10,17,20,33H,11-16H2,1-4H3,(H,27,29,34)/t17-,20+/m1/s1. The molecule has 40 heavy (non-hydrogen) atoms. The number of oxime groups is 1. The average Bonchev–Trinajstić information content (AvgIpc) is 3.62. The fourth-order valence-corrected chi connectivity index (χ4v) is 6.26. The summed E-state index contributed by atoms with van der Waals surface area (Å²) in [6.07, 6.45) is -0.212. The number of carbonyl (C=O) groups is 1. The Morgan fingerprint density at radius 1 is 1.20 bits per heavy atom. The van der Waals surface area contributed by atoms with Crippen molar-refractivity contribution in [3.8, 4) is 0 Å². The second-order valence-corrected chi connectivity index (χ2v) is 13.0. The smallest absolute Gasteiger partial charge is 0.280 e. The molecule has 0 radical (unpaired) electrons. The van der Waals surface area contributed by atoms with Gasteiger partial charge in [-0.1, -0.05) is 28.6 Å². The minimum Gasteiger partial charge on any atom is -0.392 e. The SMILES string of the molecule is C[C@H](CO)ON=C(C(=O)Nc1nc2ccc(N(C)CCN(C)C)nc2s1)c1ccc(S(=O)(=O)[C@H]2CCOC2)cc1. The molecule has 0 bridgehead atoms. The van der Waals surface area contributed by atoms with E-state index in [1.807, 2.05) is 38.2 Å². The molecule has 0 unspecified atom stereocenters. The summed E-state index contributed by atoms with van der Waals surface area (Å²) in [4.78, 5) is 32.7. The fraction of sp³-hybridized carbons (Fsp3) is 0.462. The zero-order chi connectivity index (χ0) is 28.9. The number of hydrogen-bond donors (Lipinski definition) is 2. The monoisotopic (exact) mass is 590 g/mol. The van der Waals surface area contributed by atoms with Gasteiger partial charge in [0, 0.05) is 32.3 Å². The Balaban J connectivity index is 1.55. The molecule has 2 aromatic heterocycles. The van der Waals surface area contributed by atoms with Gasteiger partial charge in [-0.3, -0.25) is 10.1 Å². The number of amides is 1. The Labute approximate surface area is 237 Å². The summed E-state index contributed by atoms with van der Waals surface area (Å²) in [5, 5.41) is 15.8. The lowest BCUT2D eigenvalue weighted by atomic mass is 10.1. The van der Waals surface area contributed by atoms with Gasteiger partial charge in [0.2, 0.25) is 0 Å². The van der Waals surface area contributed by atoms with Crippen LogP contribution in [0.3, 0.4) is 0 Å². The highest BCUT2D eigenvalue weighted by atomic mass is 32.2. The van der Waals surface area contributed by atoms with Crippen molar-refractivity contribution >= 4 is 54.1 Å². The zero-order valence-electron chi connectivity index (χ0n) is 22.9. The Hall–Kier alpha value is -3.17. The van der Waals surface area contributed by atoms with Gasteiger partial charge in [0.25, 0.3) is 5.91 Å². The van der Waals surface area contributed by atoms with Crippen LogP contribution in [0.15, 0.2) is 46.4 Å². The number of ether oxygens (including phenoxy) is 1. The number of hydrogen-bond acceptors (Lipinski definition) is 12. The highest BCUT2D eigenvalue weighted by molar-refractivity contribution is 7.92. The van der Waals surface area contributed by atoms with Crippen LogP contribution >= 0.6 is 11.3 Å². The van der Waals surface area contributed by atoms with Gasteiger partial charge in [-0.25, -0.2) is 18.4 Å². The summed E-state index contributed by atoms with van der Waals surface area (Å²) in [5.41, 5.74) is 0.886. The van der Waals surface area contributed by atoms with Gasteiger partial charge in [-0.05, 0) is 51.7 Å². The summed E-state index contributed by atoms with van der Waals surface area (Å²) < 4.78 is 31.0. The lowest BCUT2D eigenvalue weighted by Gasteiger charge is -2.20. The molecule has 1 saturated heterocycles. The van der Waals surface area contributed by atoms with Crippen LogP contribution in [0.25, 0.3) is 10.3 Å². The van der Waals surface area contributed by atoms with E-state index in [1.165, 1.54) is 35.6 Å². The molecule has 3 aromatic rings. The molecular formula is C26H34N6O6S2. The first kappa shape index (κ1) is 29.8. The molecule has 1 fully saturated rings. The van der Waals surface area contributed by atoms with Crippen LogP contribution in [0.2, 0.25) is 0 Å². The van der Waals surface area contributed by atoms with Crippen LogP contribution in [0, 0.1) is 0 Å². The third-order valence-electron chi connectivity index (χ3n) is 6.31. The van der Waals surface area contributed by atoms with Gasteiger partial charge in [0.05, 0.1) is 23.4 Å². The molecule has 3 heterocycles. The number of aliphatic hydroxyl groups excluding tert-OH is 1. The molecule has 0 saturated carbocycles. The first-order valence-electron chi connectivity index (χ1n) is 12.8.